The third-order valence-electron chi connectivity index (χ3n) is 5.21. The molecular formula is C18H23N3O2. The molecule has 2 aliphatic rings. The third-order valence-corrected chi connectivity index (χ3v) is 5.21. The van der Waals surface area contributed by atoms with Gasteiger partial charge in [0.1, 0.15) is 0 Å². The molecule has 0 unspecified atom stereocenters. The molecule has 0 N–H and O–H groups in total. The molecule has 0 saturated carbocycles. The van der Waals surface area contributed by atoms with E-state index in [2.05, 4.69) is 18.5 Å². The summed E-state index contributed by atoms with van der Waals surface area (Å²) in [7, 11) is 0. The van der Waals surface area contributed by atoms with Crippen LogP contribution in [-0.4, -0.2) is 52.8 Å². The summed E-state index contributed by atoms with van der Waals surface area (Å²) in [6.07, 6.45) is 4.59. The van der Waals surface area contributed by atoms with Crippen LogP contribution in [0.2, 0.25) is 0 Å². The SMILES string of the molecule is C=CCN1CC[C@]2(CN(C(=O)Cc3ccccn3)C[C@H]2C)C1=O. The Kier molecular flexibility index (Phi) is 4.20. The molecule has 0 bridgehead atoms. The van der Waals surface area contributed by atoms with Crippen molar-refractivity contribution < 1.29 is 9.59 Å². The zero-order chi connectivity index (χ0) is 16.4. The lowest BCUT2D eigenvalue weighted by Gasteiger charge is -2.26. The first-order valence-corrected chi connectivity index (χ1v) is 8.15. The standard InChI is InChI=1S/C18H23N3O2/c1-3-9-20-10-7-18(17(20)23)13-21(12-14(18)2)16(22)11-15-6-4-5-8-19-15/h3-6,8,14H,1,7,9-13H2,2H3/t14-,18-/m1/s1. The molecule has 1 aromatic rings. The Morgan fingerprint density at radius 1 is 1.52 bits per heavy atom. The lowest BCUT2D eigenvalue weighted by molar-refractivity contribution is -0.137. The van der Waals surface area contributed by atoms with Crippen LogP contribution in [0.3, 0.4) is 0 Å². The predicted octanol–water partition coefficient (Wildman–Crippen LogP) is 1.51. The normalized spacial score (nSPS) is 27.0. The van der Waals surface area contributed by atoms with Crippen LogP contribution in [0.15, 0.2) is 37.1 Å². The van der Waals surface area contributed by atoms with E-state index in [-0.39, 0.29) is 17.7 Å². The quantitative estimate of drug-likeness (QED) is 0.792. The van der Waals surface area contributed by atoms with Crippen molar-refractivity contribution in [3.63, 3.8) is 0 Å². The van der Waals surface area contributed by atoms with E-state index in [4.69, 9.17) is 0 Å². The summed E-state index contributed by atoms with van der Waals surface area (Å²) in [6.45, 7) is 8.34. The van der Waals surface area contributed by atoms with Crippen LogP contribution in [0.5, 0.6) is 0 Å². The van der Waals surface area contributed by atoms with E-state index in [1.165, 1.54) is 0 Å². The topological polar surface area (TPSA) is 53.5 Å². The van der Waals surface area contributed by atoms with Crippen molar-refractivity contribution in [2.24, 2.45) is 11.3 Å². The van der Waals surface area contributed by atoms with E-state index in [9.17, 15) is 9.59 Å². The summed E-state index contributed by atoms with van der Waals surface area (Å²) in [5.74, 6) is 0.429. The highest BCUT2D eigenvalue weighted by atomic mass is 16.2. The smallest absolute Gasteiger partial charge is 0.231 e. The Morgan fingerprint density at radius 3 is 3.04 bits per heavy atom. The second-order valence-electron chi connectivity index (χ2n) is 6.62. The van der Waals surface area contributed by atoms with Crippen molar-refractivity contribution in [3.05, 3.63) is 42.7 Å². The van der Waals surface area contributed by atoms with E-state index >= 15 is 0 Å². The van der Waals surface area contributed by atoms with Crippen LogP contribution in [0.25, 0.3) is 0 Å². The van der Waals surface area contributed by atoms with Crippen LogP contribution in [0.1, 0.15) is 19.0 Å². The van der Waals surface area contributed by atoms with Gasteiger partial charge in [0.05, 0.1) is 11.8 Å². The molecule has 2 aliphatic heterocycles. The first-order chi connectivity index (χ1) is 11.1. The van der Waals surface area contributed by atoms with E-state index < -0.39 is 5.41 Å². The van der Waals surface area contributed by atoms with Crippen molar-refractivity contribution in [2.45, 2.75) is 19.8 Å². The fourth-order valence-corrected chi connectivity index (χ4v) is 3.82. The van der Waals surface area contributed by atoms with Gasteiger partial charge in [0.2, 0.25) is 11.8 Å². The van der Waals surface area contributed by atoms with Gasteiger partial charge in [0.25, 0.3) is 0 Å². The number of pyridine rings is 1. The second kappa shape index (κ2) is 6.14. The molecule has 1 spiro atoms. The molecule has 2 saturated heterocycles. The number of hydrogen-bond acceptors (Lipinski definition) is 3. The van der Waals surface area contributed by atoms with E-state index in [1.807, 2.05) is 28.0 Å². The zero-order valence-electron chi connectivity index (χ0n) is 13.6. The fraction of sp³-hybridized carbons (Fsp3) is 0.500. The van der Waals surface area contributed by atoms with E-state index in [0.29, 0.717) is 26.1 Å². The van der Waals surface area contributed by atoms with Gasteiger partial charge in [-0.3, -0.25) is 14.6 Å². The summed E-state index contributed by atoms with van der Waals surface area (Å²) in [4.78, 5) is 33.3. The highest BCUT2D eigenvalue weighted by molar-refractivity contribution is 5.88. The Hall–Kier alpha value is -2.17. The highest BCUT2D eigenvalue weighted by Gasteiger charge is 2.55. The molecule has 5 nitrogen and oxygen atoms in total. The average Bonchev–Trinajstić information content (AvgIpc) is 3.05. The van der Waals surface area contributed by atoms with Gasteiger partial charge in [-0.25, -0.2) is 0 Å². The summed E-state index contributed by atoms with van der Waals surface area (Å²) < 4.78 is 0. The molecule has 5 heteroatoms. The molecule has 2 amide bonds. The Labute approximate surface area is 137 Å². The van der Waals surface area contributed by atoms with Gasteiger partial charge in [-0.2, -0.15) is 0 Å². The Balaban J connectivity index is 1.70. The van der Waals surface area contributed by atoms with Gasteiger partial charge < -0.3 is 9.80 Å². The lowest BCUT2D eigenvalue weighted by atomic mass is 9.78. The summed E-state index contributed by atoms with van der Waals surface area (Å²) in [5, 5.41) is 0. The number of nitrogens with zero attached hydrogens (tertiary/aromatic N) is 3. The third kappa shape index (κ3) is 2.76. The number of carbonyl (C=O) groups is 2. The highest BCUT2D eigenvalue weighted by Crippen LogP contribution is 2.44. The molecule has 23 heavy (non-hydrogen) atoms. The van der Waals surface area contributed by atoms with Crippen LogP contribution in [0.4, 0.5) is 0 Å². The fourth-order valence-electron chi connectivity index (χ4n) is 3.82. The lowest BCUT2D eigenvalue weighted by Crippen LogP contribution is -2.40. The minimum absolute atomic E-state index is 0.0578. The largest absolute Gasteiger partial charge is 0.341 e. The van der Waals surface area contributed by atoms with Crippen LogP contribution < -0.4 is 0 Å². The number of hydrogen-bond donors (Lipinski definition) is 0. The van der Waals surface area contributed by atoms with Crippen LogP contribution in [-0.2, 0) is 16.0 Å². The van der Waals surface area contributed by atoms with Gasteiger partial charge in [-0.05, 0) is 24.5 Å². The molecule has 2 atom stereocenters. The molecule has 1 aromatic heterocycles. The predicted molar refractivity (Wildman–Crippen MR) is 87.5 cm³/mol. The van der Waals surface area contributed by atoms with Crippen molar-refractivity contribution in [1.82, 2.24) is 14.8 Å². The summed E-state index contributed by atoms with van der Waals surface area (Å²) in [5.41, 5.74) is 0.375. The first kappa shape index (κ1) is 15.7. The van der Waals surface area contributed by atoms with Crippen LogP contribution in [0, 0.1) is 11.3 Å². The van der Waals surface area contributed by atoms with Crippen molar-refractivity contribution >= 4 is 11.8 Å². The molecule has 2 fully saturated rings. The zero-order valence-corrected chi connectivity index (χ0v) is 13.6. The average molecular weight is 313 g/mol. The van der Waals surface area contributed by atoms with Crippen molar-refractivity contribution in [1.29, 1.82) is 0 Å². The Bertz CT molecular complexity index is 616. The maximum atomic E-state index is 12.8. The monoisotopic (exact) mass is 313 g/mol. The molecule has 0 aliphatic carbocycles. The maximum Gasteiger partial charge on any atom is 0.231 e. The minimum Gasteiger partial charge on any atom is -0.341 e. The number of rotatable bonds is 4. The van der Waals surface area contributed by atoms with Gasteiger partial charge in [0, 0.05) is 38.1 Å². The maximum absolute atomic E-state index is 12.8. The molecule has 0 aromatic carbocycles. The summed E-state index contributed by atoms with van der Waals surface area (Å²) in [6, 6.07) is 5.59. The van der Waals surface area contributed by atoms with Crippen LogP contribution >= 0.6 is 0 Å². The van der Waals surface area contributed by atoms with E-state index in [1.54, 1.807) is 12.3 Å². The van der Waals surface area contributed by atoms with Gasteiger partial charge in [-0.1, -0.05) is 19.1 Å². The molecule has 0 radical (unpaired) electrons. The molecular weight excluding hydrogens is 290 g/mol. The molecule has 122 valence electrons. The number of carbonyl (C=O) groups excluding carboxylic acids is 2. The van der Waals surface area contributed by atoms with E-state index in [0.717, 1.165) is 18.7 Å². The minimum atomic E-state index is -0.400. The van der Waals surface area contributed by atoms with Crippen molar-refractivity contribution in [3.8, 4) is 0 Å². The second-order valence-corrected chi connectivity index (χ2v) is 6.62. The molecule has 3 rings (SSSR count). The number of likely N-dealkylation sites (tertiary alicyclic amines) is 2. The number of amides is 2. The number of aromatic nitrogens is 1. The van der Waals surface area contributed by atoms with Gasteiger partial charge in [0.15, 0.2) is 0 Å². The first-order valence-electron chi connectivity index (χ1n) is 8.15. The molecule has 3 heterocycles. The van der Waals surface area contributed by atoms with Gasteiger partial charge >= 0.3 is 0 Å². The summed E-state index contributed by atoms with van der Waals surface area (Å²) >= 11 is 0. The van der Waals surface area contributed by atoms with Gasteiger partial charge in [-0.15, -0.1) is 6.58 Å². The van der Waals surface area contributed by atoms with Crippen molar-refractivity contribution in [2.75, 3.05) is 26.2 Å². The Morgan fingerprint density at radius 2 is 2.35 bits per heavy atom.